The van der Waals surface area contributed by atoms with E-state index in [1.165, 1.54) is 0 Å². The van der Waals surface area contributed by atoms with Gasteiger partial charge in [-0.1, -0.05) is 11.6 Å². The van der Waals surface area contributed by atoms with Crippen LogP contribution in [0.15, 0.2) is 46.2 Å². The van der Waals surface area contributed by atoms with Gasteiger partial charge < -0.3 is 10.7 Å². The number of benzene rings is 2. The van der Waals surface area contributed by atoms with Crippen molar-refractivity contribution in [3.05, 3.63) is 53.2 Å². The molecule has 1 heterocycles. The largest absolute Gasteiger partial charge is 0.418 e. The Morgan fingerprint density at radius 1 is 1.04 bits per heavy atom. The maximum absolute atomic E-state index is 13.1. The van der Waals surface area contributed by atoms with Crippen molar-refractivity contribution in [2.45, 2.75) is 29.8 Å². The van der Waals surface area contributed by atoms with Crippen molar-refractivity contribution in [2.75, 3.05) is 5.73 Å². The summed E-state index contributed by atoms with van der Waals surface area (Å²) in [6.07, 6.45) is -4.73. The van der Waals surface area contributed by atoms with Gasteiger partial charge in [-0.15, -0.1) is 0 Å². The van der Waals surface area contributed by atoms with Crippen LogP contribution in [0.4, 0.5) is 18.9 Å². The zero-order valence-electron chi connectivity index (χ0n) is 13.4. The van der Waals surface area contributed by atoms with Crippen molar-refractivity contribution in [1.29, 1.82) is 0 Å². The van der Waals surface area contributed by atoms with Crippen LogP contribution in [0.1, 0.15) is 16.8 Å². The molecule has 4 nitrogen and oxygen atoms in total. The number of hydrogen-bond donors (Lipinski definition) is 2. The first-order valence-electron chi connectivity index (χ1n) is 7.32. The molecule has 132 valence electrons. The van der Waals surface area contributed by atoms with Crippen LogP contribution in [0.2, 0.25) is 0 Å². The van der Waals surface area contributed by atoms with E-state index in [0.29, 0.717) is 22.7 Å². The second-order valence-corrected chi connectivity index (χ2v) is 7.76. The van der Waals surface area contributed by atoms with Crippen LogP contribution in [-0.2, 0) is 16.0 Å². The van der Waals surface area contributed by atoms with Crippen molar-refractivity contribution < 1.29 is 21.6 Å². The Labute approximate surface area is 142 Å². The fourth-order valence-corrected chi connectivity index (χ4v) is 4.50. The summed E-state index contributed by atoms with van der Waals surface area (Å²) in [7, 11) is -4.16. The van der Waals surface area contributed by atoms with E-state index in [-0.39, 0.29) is 4.90 Å². The van der Waals surface area contributed by atoms with E-state index in [4.69, 9.17) is 5.73 Å². The fraction of sp³-hybridized carbons (Fsp3) is 0.176. The Kier molecular flexibility index (Phi) is 3.83. The van der Waals surface area contributed by atoms with Gasteiger partial charge in [-0.2, -0.15) is 13.2 Å². The minimum atomic E-state index is -4.73. The number of aromatic nitrogens is 1. The molecule has 0 aliphatic carbocycles. The molecule has 3 N–H and O–H groups in total. The van der Waals surface area contributed by atoms with Crippen molar-refractivity contribution >= 4 is 26.4 Å². The summed E-state index contributed by atoms with van der Waals surface area (Å²) in [6.45, 7) is 3.38. The van der Waals surface area contributed by atoms with Crippen molar-refractivity contribution in [1.82, 2.24) is 4.98 Å². The topological polar surface area (TPSA) is 76.0 Å². The van der Waals surface area contributed by atoms with E-state index < -0.39 is 32.2 Å². The molecule has 1 aromatic heterocycles. The molecule has 3 rings (SSSR count). The van der Waals surface area contributed by atoms with Gasteiger partial charge in [0.05, 0.1) is 15.4 Å². The number of halogens is 3. The van der Waals surface area contributed by atoms with Crippen molar-refractivity contribution in [3.63, 3.8) is 0 Å². The summed E-state index contributed by atoms with van der Waals surface area (Å²) >= 11 is 0. The van der Waals surface area contributed by atoms with Crippen LogP contribution in [-0.4, -0.2) is 13.4 Å². The zero-order valence-corrected chi connectivity index (χ0v) is 14.2. The Morgan fingerprint density at radius 2 is 1.72 bits per heavy atom. The molecule has 0 atom stereocenters. The number of alkyl halides is 3. The van der Waals surface area contributed by atoms with Gasteiger partial charge >= 0.3 is 6.18 Å². The van der Waals surface area contributed by atoms with E-state index >= 15 is 0 Å². The number of H-pyrrole nitrogens is 1. The maximum Gasteiger partial charge on any atom is 0.418 e. The fourth-order valence-electron chi connectivity index (χ4n) is 2.83. The van der Waals surface area contributed by atoms with E-state index in [0.717, 1.165) is 17.7 Å². The Morgan fingerprint density at radius 3 is 2.36 bits per heavy atom. The minimum absolute atomic E-state index is 0.0240. The smallest absolute Gasteiger partial charge is 0.398 e. The number of hydrogen-bond acceptors (Lipinski definition) is 3. The third-order valence-electron chi connectivity index (χ3n) is 3.99. The highest BCUT2D eigenvalue weighted by Gasteiger charge is 2.35. The molecule has 0 saturated carbocycles. The molecule has 0 amide bonds. The quantitative estimate of drug-likeness (QED) is 0.665. The Bertz CT molecular complexity index is 1080. The number of anilines is 1. The molecule has 0 fully saturated rings. The summed E-state index contributed by atoms with van der Waals surface area (Å²) in [5.74, 6) is 0. The van der Waals surface area contributed by atoms with Crippen LogP contribution in [0, 0.1) is 13.8 Å². The molecule has 0 aliphatic heterocycles. The number of sulfone groups is 1. The average molecular weight is 368 g/mol. The lowest BCUT2D eigenvalue weighted by atomic mass is 10.2. The van der Waals surface area contributed by atoms with E-state index in [2.05, 4.69) is 4.98 Å². The lowest BCUT2D eigenvalue weighted by molar-refractivity contribution is -0.137. The number of fused-ring (bicyclic) bond motifs is 1. The van der Waals surface area contributed by atoms with Crippen LogP contribution in [0.3, 0.4) is 0 Å². The molecule has 0 spiro atoms. The molecule has 2 aromatic carbocycles. The van der Waals surface area contributed by atoms with Gasteiger partial charge in [0, 0.05) is 22.3 Å². The van der Waals surface area contributed by atoms with Crippen LogP contribution < -0.4 is 5.73 Å². The predicted molar refractivity (Wildman–Crippen MR) is 89.1 cm³/mol. The lowest BCUT2D eigenvalue weighted by Crippen LogP contribution is -2.11. The third-order valence-corrected chi connectivity index (χ3v) is 5.93. The molecule has 0 radical (unpaired) electrons. The first kappa shape index (κ1) is 17.3. The van der Waals surface area contributed by atoms with Gasteiger partial charge in [-0.05, 0) is 44.2 Å². The minimum Gasteiger partial charge on any atom is -0.398 e. The SMILES string of the molecule is Cc1ccc2[nH]c(C)c(S(=O)(=O)c3ccc(N)c(C(F)(F)F)c3)c2c1. The number of rotatable bonds is 2. The molecule has 25 heavy (non-hydrogen) atoms. The summed E-state index contributed by atoms with van der Waals surface area (Å²) in [5.41, 5.74) is 5.49. The number of nitrogens with two attached hydrogens (primary N) is 1. The van der Waals surface area contributed by atoms with E-state index in [1.807, 2.05) is 13.0 Å². The maximum atomic E-state index is 13.1. The Balaban J connectivity index is 2.28. The van der Waals surface area contributed by atoms with Gasteiger partial charge in [0.1, 0.15) is 0 Å². The first-order chi connectivity index (χ1) is 11.5. The summed E-state index contributed by atoms with van der Waals surface area (Å²) in [5, 5.41) is 0.447. The van der Waals surface area contributed by atoms with Gasteiger partial charge in [-0.3, -0.25) is 0 Å². The van der Waals surface area contributed by atoms with Gasteiger partial charge in [-0.25, -0.2) is 8.42 Å². The predicted octanol–water partition coefficient (Wildman–Crippen LogP) is 4.22. The monoisotopic (exact) mass is 368 g/mol. The third kappa shape index (κ3) is 2.86. The first-order valence-corrected chi connectivity index (χ1v) is 8.81. The van der Waals surface area contributed by atoms with E-state index in [9.17, 15) is 21.6 Å². The number of aromatic amines is 1. The standard InChI is InChI=1S/C17H15F3N2O2S/c1-9-3-6-15-12(7-9)16(10(2)22-15)25(23,24)11-4-5-14(21)13(8-11)17(18,19)20/h3-8,22H,21H2,1-2H3. The number of nitrogens with one attached hydrogen (secondary N) is 1. The highest BCUT2D eigenvalue weighted by atomic mass is 32.2. The van der Waals surface area contributed by atoms with Crippen LogP contribution in [0.25, 0.3) is 10.9 Å². The van der Waals surface area contributed by atoms with E-state index in [1.54, 1.807) is 19.1 Å². The second kappa shape index (κ2) is 5.52. The van der Waals surface area contributed by atoms with Crippen molar-refractivity contribution in [3.8, 4) is 0 Å². The normalized spacial score (nSPS) is 12.7. The van der Waals surface area contributed by atoms with Crippen molar-refractivity contribution in [2.24, 2.45) is 0 Å². The van der Waals surface area contributed by atoms with Crippen LogP contribution in [0.5, 0.6) is 0 Å². The Hall–Kier alpha value is -2.48. The molecular weight excluding hydrogens is 353 g/mol. The molecule has 0 unspecified atom stereocenters. The number of nitrogen functional groups attached to an aromatic ring is 1. The summed E-state index contributed by atoms with van der Waals surface area (Å²) in [4.78, 5) is 2.49. The lowest BCUT2D eigenvalue weighted by Gasteiger charge is -2.12. The second-order valence-electron chi connectivity index (χ2n) is 5.88. The highest BCUT2D eigenvalue weighted by molar-refractivity contribution is 7.91. The van der Waals surface area contributed by atoms with Gasteiger partial charge in [0.15, 0.2) is 0 Å². The zero-order chi connectivity index (χ0) is 18.6. The molecular formula is C17H15F3N2O2S. The molecule has 0 bridgehead atoms. The summed E-state index contributed by atoms with van der Waals surface area (Å²) in [6, 6.07) is 7.88. The highest BCUT2D eigenvalue weighted by Crippen LogP contribution is 2.37. The molecule has 0 saturated heterocycles. The number of aryl methyl sites for hydroxylation is 2. The van der Waals surface area contributed by atoms with Gasteiger partial charge in [0.25, 0.3) is 0 Å². The van der Waals surface area contributed by atoms with Crippen LogP contribution >= 0.6 is 0 Å². The molecule has 3 aromatic rings. The van der Waals surface area contributed by atoms with Gasteiger partial charge in [0.2, 0.25) is 9.84 Å². The average Bonchev–Trinajstić information content (AvgIpc) is 2.81. The summed E-state index contributed by atoms with van der Waals surface area (Å²) < 4.78 is 65.2. The molecule has 8 heteroatoms. The molecule has 0 aliphatic rings.